The minimum absolute atomic E-state index is 0.0948. The van der Waals surface area contributed by atoms with E-state index in [1.807, 2.05) is 11.8 Å². The lowest BCUT2D eigenvalue weighted by molar-refractivity contribution is 0.156. The number of nitrogens with one attached hydrogen (secondary N) is 1. The van der Waals surface area contributed by atoms with E-state index in [1.54, 1.807) is 0 Å². The summed E-state index contributed by atoms with van der Waals surface area (Å²) in [6.07, 6.45) is 2.23. The molecule has 0 aliphatic rings. The molecule has 0 saturated carbocycles. The molecule has 0 aromatic carbocycles. The smallest absolute Gasteiger partial charge is 0.0610 e. The molecule has 0 rings (SSSR count). The fourth-order valence-corrected chi connectivity index (χ4v) is 2.24. The van der Waals surface area contributed by atoms with Crippen LogP contribution < -0.4 is 5.32 Å². The van der Waals surface area contributed by atoms with Gasteiger partial charge in [0, 0.05) is 11.6 Å². The molecule has 3 heteroatoms. The van der Waals surface area contributed by atoms with E-state index >= 15 is 0 Å². The highest BCUT2D eigenvalue weighted by Crippen LogP contribution is 2.15. The van der Waals surface area contributed by atoms with Crippen molar-refractivity contribution < 1.29 is 5.11 Å². The molecule has 0 fully saturated rings. The molecule has 0 aliphatic carbocycles. The Morgan fingerprint density at radius 3 is 2.50 bits per heavy atom. The zero-order valence-corrected chi connectivity index (χ0v) is 10.8. The fraction of sp³-hybridized carbons (Fsp3) is 1.00. The first kappa shape index (κ1) is 14.3. The Kier molecular flexibility index (Phi) is 7.69. The van der Waals surface area contributed by atoms with E-state index in [4.69, 9.17) is 0 Å². The molecule has 14 heavy (non-hydrogen) atoms. The Hall–Kier alpha value is 0.270. The molecule has 2 N–H and O–H groups in total. The summed E-state index contributed by atoms with van der Waals surface area (Å²) in [4.78, 5) is 0. The van der Waals surface area contributed by atoms with Crippen LogP contribution in [0.4, 0.5) is 0 Å². The third-order valence-electron chi connectivity index (χ3n) is 2.21. The van der Waals surface area contributed by atoms with Gasteiger partial charge < -0.3 is 10.4 Å². The maximum atomic E-state index is 9.32. The summed E-state index contributed by atoms with van der Waals surface area (Å²) in [5, 5.41) is 12.7. The van der Waals surface area contributed by atoms with Gasteiger partial charge in [-0.25, -0.2) is 0 Å². The summed E-state index contributed by atoms with van der Waals surface area (Å²) >= 11 is 1.97. The molecule has 0 aliphatic heterocycles. The van der Waals surface area contributed by atoms with Crippen molar-refractivity contribution in [3.63, 3.8) is 0 Å². The number of hydrogen-bond acceptors (Lipinski definition) is 3. The van der Waals surface area contributed by atoms with Crippen LogP contribution in [0.2, 0.25) is 0 Å². The van der Waals surface area contributed by atoms with Gasteiger partial charge in [-0.2, -0.15) is 11.8 Å². The minimum Gasteiger partial charge on any atom is -0.394 e. The van der Waals surface area contributed by atoms with Crippen LogP contribution in [0.5, 0.6) is 0 Å². The molecule has 0 bridgehead atoms. The number of rotatable bonds is 8. The molecule has 0 aromatic heterocycles. The monoisotopic (exact) mass is 219 g/mol. The third-order valence-corrected chi connectivity index (χ3v) is 3.19. The zero-order valence-electron chi connectivity index (χ0n) is 9.97. The van der Waals surface area contributed by atoms with Gasteiger partial charge in [-0.3, -0.25) is 0 Å². The maximum absolute atomic E-state index is 9.32. The van der Waals surface area contributed by atoms with Gasteiger partial charge in [0.1, 0.15) is 0 Å². The lowest BCUT2D eigenvalue weighted by Crippen LogP contribution is -2.49. The molecule has 1 unspecified atom stereocenters. The quantitative estimate of drug-likeness (QED) is 0.614. The highest BCUT2D eigenvalue weighted by atomic mass is 32.2. The highest BCUT2D eigenvalue weighted by Gasteiger charge is 2.22. The van der Waals surface area contributed by atoms with E-state index in [2.05, 4.69) is 33.0 Å². The number of thioether (sulfide) groups is 1. The third kappa shape index (κ3) is 6.68. The van der Waals surface area contributed by atoms with Crippen molar-refractivity contribution in [2.24, 2.45) is 0 Å². The molecule has 0 amide bonds. The van der Waals surface area contributed by atoms with Crippen LogP contribution in [0.1, 0.15) is 40.5 Å². The van der Waals surface area contributed by atoms with Crippen LogP contribution in [0, 0.1) is 0 Å². The molecule has 0 saturated heterocycles. The van der Waals surface area contributed by atoms with E-state index in [-0.39, 0.29) is 12.1 Å². The van der Waals surface area contributed by atoms with Gasteiger partial charge >= 0.3 is 0 Å². The van der Waals surface area contributed by atoms with Crippen molar-refractivity contribution in [3.05, 3.63) is 0 Å². The summed E-state index contributed by atoms with van der Waals surface area (Å²) in [6.45, 7) is 8.75. The molecular formula is C11H25NOS. The van der Waals surface area contributed by atoms with Crippen LogP contribution in [0.25, 0.3) is 0 Å². The van der Waals surface area contributed by atoms with Gasteiger partial charge in [0.05, 0.1) is 6.61 Å². The van der Waals surface area contributed by atoms with Gasteiger partial charge in [0.25, 0.3) is 0 Å². The fourth-order valence-electron chi connectivity index (χ4n) is 1.60. The summed E-state index contributed by atoms with van der Waals surface area (Å²) in [5.74, 6) is 2.39. The predicted octanol–water partition coefficient (Wildman–Crippen LogP) is 2.27. The van der Waals surface area contributed by atoms with Gasteiger partial charge in [-0.15, -0.1) is 0 Å². The van der Waals surface area contributed by atoms with E-state index in [9.17, 15) is 5.11 Å². The Balaban J connectivity index is 3.75. The van der Waals surface area contributed by atoms with E-state index in [0.29, 0.717) is 6.04 Å². The van der Waals surface area contributed by atoms with Crippen LogP contribution >= 0.6 is 11.8 Å². The first-order valence-corrected chi connectivity index (χ1v) is 6.66. The number of aliphatic hydroxyl groups excluding tert-OH is 1. The van der Waals surface area contributed by atoms with Crippen LogP contribution in [0.3, 0.4) is 0 Å². The maximum Gasteiger partial charge on any atom is 0.0610 e. The second-order valence-corrected chi connectivity index (χ2v) is 5.71. The predicted molar refractivity (Wildman–Crippen MR) is 66.0 cm³/mol. The van der Waals surface area contributed by atoms with Crippen LogP contribution in [-0.4, -0.2) is 34.8 Å². The summed E-state index contributed by atoms with van der Waals surface area (Å²) in [7, 11) is 0. The van der Waals surface area contributed by atoms with E-state index < -0.39 is 0 Å². The van der Waals surface area contributed by atoms with Crippen molar-refractivity contribution in [2.75, 3.05) is 18.1 Å². The first-order valence-electron chi connectivity index (χ1n) is 5.50. The average molecular weight is 219 g/mol. The lowest BCUT2D eigenvalue weighted by Gasteiger charge is -2.31. The second-order valence-electron chi connectivity index (χ2n) is 4.32. The largest absolute Gasteiger partial charge is 0.394 e. The Morgan fingerprint density at radius 1 is 1.43 bits per heavy atom. The molecule has 2 nitrogen and oxygen atoms in total. The van der Waals surface area contributed by atoms with Gasteiger partial charge in [0.15, 0.2) is 0 Å². The molecule has 0 radical (unpaired) electrons. The Labute approximate surface area is 92.9 Å². The van der Waals surface area contributed by atoms with Crippen molar-refractivity contribution in [1.82, 2.24) is 5.32 Å². The average Bonchev–Trinajstić information content (AvgIpc) is 2.11. The molecule has 0 heterocycles. The molecule has 86 valence electrons. The minimum atomic E-state index is -0.0948. The number of aliphatic hydroxyl groups is 1. The van der Waals surface area contributed by atoms with Crippen molar-refractivity contribution >= 4 is 11.8 Å². The second kappa shape index (κ2) is 7.55. The summed E-state index contributed by atoms with van der Waals surface area (Å²) < 4.78 is 0. The van der Waals surface area contributed by atoms with Crippen molar-refractivity contribution in [2.45, 2.75) is 52.1 Å². The molecular weight excluding hydrogens is 194 g/mol. The van der Waals surface area contributed by atoms with Crippen molar-refractivity contribution in [3.8, 4) is 0 Å². The standard InChI is InChI=1S/C11H25NOS/c1-5-14-8-6-7-11(4,9-13)12-10(2)3/h10,12-13H,5-9H2,1-4H3. The molecule has 0 aromatic rings. The van der Waals surface area contributed by atoms with Crippen molar-refractivity contribution in [1.29, 1.82) is 0 Å². The molecule has 0 spiro atoms. The van der Waals surface area contributed by atoms with Gasteiger partial charge in [0.2, 0.25) is 0 Å². The number of hydrogen-bond donors (Lipinski definition) is 2. The summed E-state index contributed by atoms with van der Waals surface area (Å²) in [5.41, 5.74) is -0.0948. The van der Waals surface area contributed by atoms with Gasteiger partial charge in [-0.1, -0.05) is 20.8 Å². The topological polar surface area (TPSA) is 32.3 Å². The SMILES string of the molecule is CCSCCCC(C)(CO)NC(C)C. The molecule has 1 atom stereocenters. The van der Waals surface area contributed by atoms with E-state index in [0.717, 1.165) is 6.42 Å². The Bertz CT molecular complexity index is 141. The van der Waals surface area contributed by atoms with E-state index in [1.165, 1.54) is 17.9 Å². The first-order chi connectivity index (χ1) is 6.54. The summed E-state index contributed by atoms with van der Waals surface area (Å²) in [6, 6.07) is 0.436. The van der Waals surface area contributed by atoms with Crippen LogP contribution in [-0.2, 0) is 0 Å². The zero-order chi connectivity index (χ0) is 11.0. The van der Waals surface area contributed by atoms with Gasteiger partial charge in [-0.05, 0) is 31.3 Å². The normalized spacial score (nSPS) is 15.9. The van der Waals surface area contributed by atoms with Crippen LogP contribution in [0.15, 0.2) is 0 Å². The Morgan fingerprint density at radius 2 is 2.07 bits per heavy atom. The lowest BCUT2D eigenvalue weighted by atomic mass is 9.96. The highest BCUT2D eigenvalue weighted by molar-refractivity contribution is 7.99.